The molecule has 0 bridgehead atoms. The van der Waals surface area contributed by atoms with Crippen LogP contribution in [0.1, 0.15) is 6.92 Å². The molecule has 0 saturated carbocycles. The van der Waals surface area contributed by atoms with Crippen LogP contribution in [-0.4, -0.2) is 59.8 Å². The van der Waals surface area contributed by atoms with Crippen molar-refractivity contribution in [3.8, 4) is 0 Å². The van der Waals surface area contributed by atoms with Gasteiger partial charge in [0.1, 0.15) is 21.2 Å². The summed E-state index contributed by atoms with van der Waals surface area (Å²) in [6, 6.07) is 6.70. The topological polar surface area (TPSA) is 268 Å². The lowest BCUT2D eigenvalue weighted by Gasteiger charge is -2.11. The number of hydrogen-bond acceptors (Lipinski definition) is 13. The van der Waals surface area contributed by atoms with Crippen molar-refractivity contribution in [1.29, 1.82) is 0 Å². The molecule has 4 aromatic rings. The van der Waals surface area contributed by atoms with Crippen LogP contribution in [0.4, 0.5) is 28.7 Å². The molecule has 22 heteroatoms. The molecule has 1 heterocycles. The number of halogens is 2. The molecule has 0 aliphatic heterocycles. The van der Waals surface area contributed by atoms with Gasteiger partial charge in [-0.3, -0.25) is 18.5 Å². The third-order valence-electron chi connectivity index (χ3n) is 5.23. The molecule has 0 radical (unpaired) electrons. The quantitative estimate of drug-likeness (QED) is 0.128. The maximum Gasteiger partial charge on any atom is 0.296 e. The summed E-state index contributed by atoms with van der Waals surface area (Å²) in [5.74, 6) is -0.592. The zero-order valence-electron chi connectivity index (χ0n) is 21.0. The first-order chi connectivity index (χ1) is 19.8. The van der Waals surface area contributed by atoms with E-state index in [2.05, 4.69) is 35.8 Å². The van der Waals surface area contributed by atoms with Crippen molar-refractivity contribution in [1.82, 2.24) is 15.0 Å². The van der Waals surface area contributed by atoms with Gasteiger partial charge in [0.25, 0.3) is 30.4 Å². The Balaban J connectivity index is 1.88. The second kappa shape index (κ2) is 11.7. The monoisotopic (exact) mass is 691 g/mol. The van der Waals surface area contributed by atoms with Gasteiger partial charge < -0.3 is 10.6 Å². The molecule has 4 rings (SSSR count). The third-order valence-corrected chi connectivity index (χ3v) is 8.18. The van der Waals surface area contributed by atoms with Gasteiger partial charge in [0.2, 0.25) is 22.4 Å². The van der Waals surface area contributed by atoms with Crippen LogP contribution < -0.4 is 10.6 Å². The van der Waals surface area contributed by atoms with Crippen molar-refractivity contribution >= 4 is 98.9 Å². The van der Waals surface area contributed by atoms with Gasteiger partial charge in [-0.2, -0.15) is 40.2 Å². The maximum atomic E-state index is 12.2. The first kappa shape index (κ1) is 32.0. The van der Waals surface area contributed by atoms with Gasteiger partial charge in [0.05, 0.1) is 10.6 Å². The zero-order chi connectivity index (χ0) is 31.9. The number of fused-ring (bicyclic) bond motifs is 1. The third kappa shape index (κ3) is 7.74. The van der Waals surface area contributed by atoms with Crippen LogP contribution in [0.5, 0.6) is 0 Å². The molecule has 5 N–H and O–H groups in total. The molecule has 0 spiro atoms. The molecular formula is C21H15Cl2N7O10S3. The largest absolute Gasteiger partial charge is 0.324 e. The molecule has 17 nitrogen and oxygen atoms in total. The highest BCUT2D eigenvalue weighted by atomic mass is 35.5. The van der Waals surface area contributed by atoms with Crippen molar-refractivity contribution in [2.45, 2.75) is 21.6 Å². The summed E-state index contributed by atoms with van der Waals surface area (Å²) in [6.45, 7) is 1.18. The van der Waals surface area contributed by atoms with Crippen molar-refractivity contribution in [3.63, 3.8) is 0 Å². The highest BCUT2D eigenvalue weighted by molar-refractivity contribution is 7.87. The highest BCUT2D eigenvalue weighted by Gasteiger charge is 2.24. The molecule has 0 fully saturated rings. The fraction of sp³-hybridized carbons (Fsp3) is 0.0476. The smallest absolute Gasteiger partial charge is 0.296 e. The van der Waals surface area contributed by atoms with E-state index in [1.54, 1.807) is 0 Å². The Morgan fingerprint density at radius 3 is 1.93 bits per heavy atom. The molecule has 0 aliphatic rings. The van der Waals surface area contributed by atoms with Crippen molar-refractivity contribution in [3.05, 3.63) is 53.0 Å². The summed E-state index contributed by atoms with van der Waals surface area (Å²) >= 11 is 11.5. The summed E-state index contributed by atoms with van der Waals surface area (Å²) in [5, 5.41) is 11.7. The number of nitrogens with zero attached hydrogens (tertiary/aromatic N) is 5. The Hall–Kier alpha value is -3.89. The summed E-state index contributed by atoms with van der Waals surface area (Å²) in [7, 11) is -15.3. The van der Waals surface area contributed by atoms with Gasteiger partial charge >= 0.3 is 0 Å². The van der Waals surface area contributed by atoms with Crippen molar-refractivity contribution in [2.24, 2.45) is 10.2 Å². The number of carbonyl (C=O) groups excluding carboxylic acids is 1. The van der Waals surface area contributed by atoms with Gasteiger partial charge in [-0.05, 0) is 71.1 Å². The van der Waals surface area contributed by atoms with E-state index in [1.807, 2.05) is 0 Å². The van der Waals surface area contributed by atoms with E-state index in [0.29, 0.717) is 18.2 Å². The minimum Gasteiger partial charge on any atom is -0.324 e. The molecule has 0 atom stereocenters. The van der Waals surface area contributed by atoms with E-state index >= 15 is 0 Å². The minimum atomic E-state index is -5.15. The number of hydrogen-bond donors (Lipinski definition) is 5. The van der Waals surface area contributed by atoms with E-state index in [-0.39, 0.29) is 33.6 Å². The van der Waals surface area contributed by atoms with Gasteiger partial charge in [0.15, 0.2) is 0 Å². The lowest BCUT2D eigenvalue weighted by atomic mass is 10.1. The number of amides is 1. The van der Waals surface area contributed by atoms with Crippen LogP contribution in [0.2, 0.25) is 10.6 Å². The summed E-state index contributed by atoms with van der Waals surface area (Å²) in [5.41, 5.74) is -0.397. The lowest BCUT2D eigenvalue weighted by Crippen LogP contribution is -2.06. The Morgan fingerprint density at radius 1 is 0.767 bits per heavy atom. The van der Waals surface area contributed by atoms with Crippen LogP contribution in [0.25, 0.3) is 10.8 Å². The average Bonchev–Trinajstić information content (AvgIpc) is 2.84. The summed E-state index contributed by atoms with van der Waals surface area (Å²) < 4.78 is 101. The molecule has 1 aromatic heterocycles. The fourth-order valence-electron chi connectivity index (χ4n) is 3.58. The predicted octanol–water partition coefficient (Wildman–Crippen LogP) is 4.19. The van der Waals surface area contributed by atoms with E-state index in [1.165, 1.54) is 25.1 Å². The fourth-order valence-corrected chi connectivity index (χ4v) is 5.93. The molecule has 3 aromatic carbocycles. The molecule has 226 valence electrons. The Labute approximate surface area is 252 Å². The van der Waals surface area contributed by atoms with Crippen LogP contribution in [0.15, 0.2) is 67.4 Å². The molecule has 0 saturated heterocycles. The number of carbonyl (C=O) groups is 1. The summed E-state index contributed by atoms with van der Waals surface area (Å²) in [4.78, 5) is 20.2. The number of azo groups is 1. The Kier molecular flexibility index (Phi) is 8.68. The van der Waals surface area contributed by atoms with Gasteiger partial charge in [0, 0.05) is 18.0 Å². The minimum absolute atomic E-state index is 0.0260. The molecule has 43 heavy (non-hydrogen) atoms. The molecule has 0 unspecified atom stereocenters. The normalized spacial score (nSPS) is 12.5. The SMILES string of the molecule is CC(=O)Nc1cc(Nc2nc(Cl)nc(Cl)n2)ccc1N=Nc1cc2c(S(=O)(=O)O)cc(S(=O)(=O)O)cc2cc1S(=O)(=O)O. The van der Waals surface area contributed by atoms with E-state index in [4.69, 9.17) is 23.2 Å². The highest BCUT2D eigenvalue weighted by Crippen LogP contribution is 2.37. The number of anilines is 3. The number of nitrogens with one attached hydrogen (secondary N) is 2. The number of aromatic nitrogens is 3. The second-order valence-corrected chi connectivity index (χ2v) is 13.2. The average molecular weight is 692 g/mol. The number of benzene rings is 3. The van der Waals surface area contributed by atoms with Crippen LogP contribution in [-0.2, 0) is 35.1 Å². The van der Waals surface area contributed by atoms with Gasteiger partial charge in [-0.1, -0.05) is 0 Å². The van der Waals surface area contributed by atoms with E-state index in [9.17, 15) is 43.7 Å². The first-order valence-corrected chi connectivity index (χ1v) is 16.1. The molecular weight excluding hydrogens is 677 g/mol. The van der Waals surface area contributed by atoms with Crippen LogP contribution >= 0.6 is 23.2 Å². The van der Waals surface area contributed by atoms with E-state index < -0.39 is 67.4 Å². The Bertz CT molecular complexity index is 2160. The molecule has 1 amide bonds. The number of rotatable bonds is 8. The van der Waals surface area contributed by atoms with Gasteiger partial charge in [-0.25, -0.2) is 0 Å². The second-order valence-electron chi connectivity index (χ2n) is 8.32. The van der Waals surface area contributed by atoms with E-state index in [0.717, 1.165) is 6.07 Å². The van der Waals surface area contributed by atoms with Crippen molar-refractivity contribution < 1.29 is 43.7 Å². The van der Waals surface area contributed by atoms with Crippen LogP contribution in [0, 0.1) is 0 Å². The maximum absolute atomic E-state index is 12.2. The Morgan fingerprint density at radius 2 is 1.37 bits per heavy atom. The zero-order valence-corrected chi connectivity index (χ0v) is 24.9. The van der Waals surface area contributed by atoms with Crippen LogP contribution in [0.3, 0.4) is 0 Å². The standard InChI is InChI=1S/C21H15Cl2N7O10S3/c1-9(31)24-15-6-11(25-21-27-19(22)26-20(23)28-21)2-3-14(15)29-30-16-8-13-10(5-18(16)43(38,39)40)4-12(41(32,33)34)7-17(13)42(35,36)37/h2-8H,1H3,(H,24,31)(H,32,33,34)(H,35,36,37)(H,38,39,40)(H,25,26,27,28). The predicted molar refractivity (Wildman–Crippen MR) is 151 cm³/mol. The lowest BCUT2D eigenvalue weighted by molar-refractivity contribution is -0.114. The molecule has 0 aliphatic carbocycles. The summed E-state index contributed by atoms with van der Waals surface area (Å²) in [6.07, 6.45) is 0. The first-order valence-electron chi connectivity index (χ1n) is 11.0. The van der Waals surface area contributed by atoms with Crippen molar-refractivity contribution in [2.75, 3.05) is 10.6 Å². The van der Waals surface area contributed by atoms with Gasteiger partial charge in [-0.15, -0.1) is 10.2 Å².